The first kappa shape index (κ1) is 10.5. The van der Waals surface area contributed by atoms with E-state index in [2.05, 4.69) is 5.10 Å². The van der Waals surface area contributed by atoms with Crippen LogP contribution in [0.1, 0.15) is 17.0 Å². The maximum Gasteiger partial charge on any atom is 0.255 e. The highest BCUT2D eigenvalue weighted by Crippen LogP contribution is 2.61. The molecule has 3 nitrogen and oxygen atoms in total. The zero-order valence-electron chi connectivity index (χ0n) is 8.16. The standard InChI is InChI=1S/C9H9F3N2OS/c10-9(11)5-1-4-7(3-15)13-14(16-12)8(4)2-6(5)9/h5-6,15H,1-3H2. The van der Waals surface area contributed by atoms with E-state index in [1.54, 1.807) is 0 Å². The lowest BCUT2D eigenvalue weighted by Crippen LogP contribution is -2.07. The molecule has 0 radical (unpaired) electrons. The minimum Gasteiger partial charge on any atom is -0.390 e. The Labute approximate surface area is 94.1 Å². The molecule has 1 N–H and O–H groups in total. The van der Waals surface area contributed by atoms with Crippen molar-refractivity contribution in [3.8, 4) is 0 Å². The van der Waals surface area contributed by atoms with Gasteiger partial charge in [-0.25, -0.2) is 8.78 Å². The first-order valence-corrected chi connectivity index (χ1v) is 5.64. The molecule has 88 valence electrons. The molecule has 0 bridgehead atoms. The van der Waals surface area contributed by atoms with E-state index in [1.807, 2.05) is 0 Å². The van der Waals surface area contributed by atoms with Gasteiger partial charge in [0.2, 0.25) is 0 Å². The molecule has 0 aliphatic heterocycles. The molecular weight excluding hydrogens is 241 g/mol. The minimum absolute atomic E-state index is 0.110. The Morgan fingerprint density at radius 2 is 2.12 bits per heavy atom. The summed E-state index contributed by atoms with van der Waals surface area (Å²) in [6.45, 7) is -0.334. The summed E-state index contributed by atoms with van der Waals surface area (Å²) in [7, 11) is 0. The molecular formula is C9H9F3N2OS. The van der Waals surface area contributed by atoms with Crippen LogP contribution in [0.5, 0.6) is 0 Å². The zero-order valence-corrected chi connectivity index (χ0v) is 8.98. The number of fused-ring (bicyclic) bond motifs is 2. The third-order valence-corrected chi connectivity index (χ3v) is 3.99. The lowest BCUT2D eigenvalue weighted by Gasteiger charge is -2.09. The van der Waals surface area contributed by atoms with E-state index in [-0.39, 0.29) is 31.8 Å². The van der Waals surface area contributed by atoms with Gasteiger partial charge in [0.25, 0.3) is 5.92 Å². The Kier molecular flexibility index (Phi) is 2.07. The monoisotopic (exact) mass is 250 g/mol. The van der Waals surface area contributed by atoms with E-state index >= 15 is 0 Å². The first-order chi connectivity index (χ1) is 7.59. The van der Waals surface area contributed by atoms with Gasteiger partial charge in [0.15, 0.2) is 12.3 Å². The van der Waals surface area contributed by atoms with Crippen molar-refractivity contribution < 1.29 is 17.8 Å². The Hall–Kier alpha value is -0.690. The number of aliphatic hydroxyl groups excluding tert-OH is 1. The van der Waals surface area contributed by atoms with Crippen LogP contribution in [0.2, 0.25) is 0 Å². The van der Waals surface area contributed by atoms with E-state index in [9.17, 15) is 12.7 Å². The molecule has 2 aliphatic rings. The largest absolute Gasteiger partial charge is 0.390 e. The normalized spacial score (nSPS) is 29.8. The van der Waals surface area contributed by atoms with Crippen LogP contribution in [-0.2, 0) is 19.4 Å². The Morgan fingerprint density at radius 1 is 1.44 bits per heavy atom. The van der Waals surface area contributed by atoms with Crippen LogP contribution < -0.4 is 0 Å². The number of aliphatic hydroxyl groups is 1. The van der Waals surface area contributed by atoms with Gasteiger partial charge >= 0.3 is 0 Å². The van der Waals surface area contributed by atoms with Crippen LogP contribution in [0.25, 0.3) is 0 Å². The van der Waals surface area contributed by atoms with E-state index in [0.717, 1.165) is 4.09 Å². The molecule has 0 saturated heterocycles. The summed E-state index contributed by atoms with van der Waals surface area (Å²) in [5.41, 5.74) is 1.42. The van der Waals surface area contributed by atoms with E-state index < -0.39 is 17.8 Å². The Bertz CT molecular complexity index is 412. The average Bonchev–Trinajstić information content (AvgIpc) is 2.69. The third kappa shape index (κ3) is 1.18. The maximum absolute atomic E-state index is 13.2. The number of halogens is 3. The van der Waals surface area contributed by atoms with Crippen molar-refractivity contribution in [1.29, 1.82) is 0 Å². The van der Waals surface area contributed by atoms with E-state index in [0.29, 0.717) is 17.0 Å². The summed E-state index contributed by atoms with van der Waals surface area (Å²) in [5, 5.41) is 12.9. The minimum atomic E-state index is -2.63. The van der Waals surface area contributed by atoms with Crippen molar-refractivity contribution in [1.82, 2.24) is 9.19 Å². The fourth-order valence-corrected chi connectivity index (χ4v) is 2.98. The lowest BCUT2D eigenvalue weighted by atomic mass is 9.96. The predicted molar refractivity (Wildman–Crippen MR) is 51.6 cm³/mol. The first-order valence-electron chi connectivity index (χ1n) is 4.97. The second-order valence-electron chi connectivity index (χ2n) is 4.27. The smallest absolute Gasteiger partial charge is 0.255 e. The molecule has 1 aromatic rings. The topological polar surface area (TPSA) is 38.1 Å². The van der Waals surface area contributed by atoms with Gasteiger partial charge in [0.1, 0.15) is 0 Å². The predicted octanol–water partition coefficient (Wildman–Crippen LogP) is 1.74. The van der Waals surface area contributed by atoms with Crippen molar-refractivity contribution in [3.05, 3.63) is 17.0 Å². The van der Waals surface area contributed by atoms with Gasteiger partial charge in [0, 0.05) is 17.4 Å². The van der Waals surface area contributed by atoms with Gasteiger partial charge in [-0.2, -0.15) is 9.19 Å². The SMILES string of the molecule is OCc1nn(SF)c2c1CC1C(C2)C1(F)F. The van der Waals surface area contributed by atoms with Crippen LogP contribution >= 0.6 is 12.3 Å². The third-order valence-electron chi connectivity index (χ3n) is 3.56. The molecule has 7 heteroatoms. The highest BCUT2D eigenvalue weighted by atomic mass is 32.2. The summed E-state index contributed by atoms with van der Waals surface area (Å²) in [5.74, 6) is -3.95. The lowest BCUT2D eigenvalue weighted by molar-refractivity contribution is 0.0852. The van der Waals surface area contributed by atoms with E-state index in [1.165, 1.54) is 0 Å². The van der Waals surface area contributed by atoms with Gasteiger partial charge in [-0.3, -0.25) is 0 Å². The van der Waals surface area contributed by atoms with Crippen molar-refractivity contribution in [2.45, 2.75) is 25.4 Å². The summed E-state index contributed by atoms with van der Waals surface area (Å²) >= 11 is -0.110. The number of aromatic nitrogens is 2. The van der Waals surface area contributed by atoms with E-state index in [4.69, 9.17) is 5.11 Å². The zero-order chi connectivity index (χ0) is 11.5. The number of rotatable bonds is 2. The average molecular weight is 250 g/mol. The van der Waals surface area contributed by atoms with Crippen molar-refractivity contribution in [2.24, 2.45) is 11.8 Å². The molecule has 0 aromatic carbocycles. The van der Waals surface area contributed by atoms with Crippen LogP contribution in [-0.4, -0.2) is 20.2 Å². The van der Waals surface area contributed by atoms with Gasteiger partial charge in [0.05, 0.1) is 18.0 Å². The molecule has 2 atom stereocenters. The van der Waals surface area contributed by atoms with Crippen LogP contribution in [0.3, 0.4) is 0 Å². The number of nitrogens with zero attached hydrogens (tertiary/aromatic N) is 2. The quantitative estimate of drug-likeness (QED) is 0.868. The van der Waals surface area contributed by atoms with Crippen molar-refractivity contribution in [2.75, 3.05) is 0 Å². The second-order valence-corrected chi connectivity index (χ2v) is 4.75. The van der Waals surface area contributed by atoms with Gasteiger partial charge < -0.3 is 5.11 Å². The van der Waals surface area contributed by atoms with Gasteiger partial charge in [-0.1, -0.05) is 0 Å². The summed E-state index contributed by atoms with van der Waals surface area (Å²) in [4.78, 5) is 0. The molecule has 1 heterocycles. The fourth-order valence-electron chi connectivity index (χ4n) is 2.58. The highest BCUT2D eigenvalue weighted by Gasteiger charge is 2.69. The molecule has 3 rings (SSSR count). The summed E-state index contributed by atoms with van der Waals surface area (Å²) in [6.07, 6.45) is 0.348. The van der Waals surface area contributed by atoms with Crippen LogP contribution in [0.4, 0.5) is 12.7 Å². The summed E-state index contributed by atoms with van der Waals surface area (Å²) < 4.78 is 40.0. The molecule has 16 heavy (non-hydrogen) atoms. The highest BCUT2D eigenvalue weighted by molar-refractivity contribution is 7.92. The molecule has 1 saturated carbocycles. The van der Waals surface area contributed by atoms with Crippen molar-refractivity contribution >= 4 is 12.3 Å². The van der Waals surface area contributed by atoms with Gasteiger partial charge in [-0.05, 0) is 12.8 Å². The summed E-state index contributed by atoms with van der Waals surface area (Å²) in [6, 6.07) is 0. The van der Waals surface area contributed by atoms with Crippen LogP contribution in [0.15, 0.2) is 0 Å². The molecule has 1 aromatic heterocycles. The second kappa shape index (κ2) is 3.16. The molecule has 0 spiro atoms. The van der Waals surface area contributed by atoms with Gasteiger partial charge in [-0.15, -0.1) is 3.89 Å². The fraction of sp³-hybridized carbons (Fsp3) is 0.667. The maximum atomic E-state index is 13.2. The molecule has 0 amide bonds. The van der Waals surface area contributed by atoms with Crippen LogP contribution in [0, 0.1) is 11.8 Å². The van der Waals surface area contributed by atoms with Crippen molar-refractivity contribution in [3.63, 3.8) is 0 Å². The number of alkyl halides is 2. The molecule has 2 unspecified atom stereocenters. The molecule has 2 aliphatic carbocycles. The Balaban J connectivity index is 2.01. The molecule has 1 fully saturated rings. The number of hydrogen-bond acceptors (Lipinski definition) is 3. The number of hydrogen-bond donors (Lipinski definition) is 1. The Morgan fingerprint density at radius 3 is 2.75 bits per heavy atom.